The van der Waals surface area contributed by atoms with Gasteiger partial charge in [0.15, 0.2) is 0 Å². The zero-order valence-electron chi connectivity index (χ0n) is 17.8. The van der Waals surface area contributed by atoms with Gasteiger partial charge in [0.2, 0.25) is 0 Å². The van der Waals surface area contributed by atoms with E-state index in [-0.39, 0.29) is 5.91 Å². The Hall–Kier alpha value is -2.92. The van der Waals surface area contributed by atoms with E-state index < -0.39 is 0 Å². The van der Waals surface area contributed by atoms with Crippen LogP contribution in [0.1, 0.15) is 46.7 Å². The molecule has 0 saturated heterocycles. The molecule has 1 amide bonds. The number of benzene rings is 1. The second kappa shape index (κ2) is 9.52. The molecular weight excluding hydrogens is 360 g/mol. The zero-order valence-corrected chi connectivity index (χ0v) is 17.8. The van der Waals surface area contributed by atoms with E-state index in [1.54, 1.807) is 6.20 Å². The summed E-state index contributed by atoms with van der Waals surface area (Å²) in [6, 6.07) is 16.1. The van der Waals surface area contributed by atoms with Crippen LogP contribution in [0.3, 0.4) is 0 Å². The predicted octanol–water partition coefficient (Wildman–Crippen LogP) is 4.26. The highest BCUT2D eigenvalue weighted by Crippen LogP contribution is 2.20. The number of carbonyl (C=O) groups is 1. The molecule has 0 unspecified atom stereocenters. The lowest BCUT2D eigenvalue weighted by Gasteiger charge is -2.20. The second-order valence-electron chi connectivity index (χ2n) is 7.22. The third-order valence-electron chi connectivity index (χ3n) is 5.40. The minimum Gasteiger partial charge on any atom is -0.348 e. The number of rotatable bonds is 8. The van der Waals surface area contributed by atoms with Crippen molar-refractivity contribution in [2.75, 3.05) is 13.1 Å². The molecule has 1 aromatic carbocycles. The molecule has 1 N–H and O–H groups in total. The summed E-state index contributed by atoms with van der Waals surface area (Å²) in [5.74, 6) is 0.768. The Balaban J connectivity index is 1.76. The van der Waals surface area contributed by atoms with Gasteiger partial charge in [0.25, 0.3) is 5.91 Å². The predicted molar refractivity (Wildman–Crippen MR) is 117 cm³/mol. The Morgan fingerprint density at radius 1 is 1.03 bits per heavy atom. The first-order chi connectivity index (χ1) is 14.0. The van der Waals surface area contributed by atoms with Gasteiger partial charge in [-0.1, -0.05) is 44.2 Å². The van der Waals surface area contributed by atoms with Crippen LogP contribution in [0.5, 0.6) is 0 Å². The maximum absolute atomic E-state index is 12.9. The average molecular weight is 391 g/mol. The minimum absolute atomic E-state index is 0.0575. The first-order valence-corrected chi connectivity index (χ1v) is 10.2. The monoisotopic (exact) mass is 390 g/mol. The molecule has 0 aliphatic heterocycles. The fourth-order valence-electron chi connectivity index (χ4n) is 3.67. The third kappa shape index (κ3) is 4.74. The second-order valence-corrected chi connectivity index (χ2v) is 7.22. The van der Waals surface area contributed by atoms with E-state index in [4.69, 9.17) is 0 Å². The fraction of sp³-hybridized carbons (Fsp3) is 0.333. The van der Waals surface area contributed by atoms with Crippen molar-refractivity contribution in [1.82, 2.24) is 19.8 Å². The molecular formula is C24H30N4O. The van der Waals surface area contributed by atoms with Gasteiger partial charge in [-0.2, -0.15) is 0 Å². The summed E-state index contributed by atoms with van der Waals surface area (Å²) < 4.78 is 2.02. The maximum Gasteiger partial charge on any atom is 0.253 e. The van der Waals surface area contributed by atoms with E-state index in [1.807, 2.05) is 48.7 Å². The van der Waals surface area contributed by atoms with Crippen molar-refractivity contribution in [3.05, 3.63) is 82.8 Å². The first kappa shape index (κ1) is 20.8. The summed E-state index contributed by atoms with van der Waals surface area (Å²) in [6.07, 6.45) is 1.76. The SMILES string of the molecule is CCN(CC)Cc1ccccc1CNC(=O)c1cc(C)n(-c2ccccn2)c1C. The number of nitrogens with zero attached hydrogens (tertiary/aromatic N) is 3. The lowest BCUT2D eigenvalue weighted by Crippen LogP contribution is -2.26. The molecule has 0 aliphatic rings. The van der Waals surface area contributed by atoms with Gasteiger partial charge in [-0.3, -0.25) is 9.69 Å². The fourth-order valence-corrected chi connectivity index (χ4v) is 3.67. The Bertz CT molecular complexity index is 958. The molecule has 2 aromatic heterocycles. The number of amides is 1. The normalized spacial score (nSPS) is 11.1. The van der Waals surface area contributed by atoms with Crippen molar-refractivity contribution in [3.63, 3.8) is 0 Å². The quantitative estimate of drug-likeness (QED) is 0.625. The van der Waals surface area contributed by atoms with Crippen LogP contribution in [-0.4, -0.2) is 33.4 Å². The highest BCUT2D eigenvalue weighted by molar-refractivity contribution is 5.95. The van der Waals surface area contributed by atoms with E-state index in [1.165, 1.54) is 5.56 Å². The molecule has 3 rings (SSSR count). The Morgan fingerprint density at radius 3 is 2.38 bits per heavy atom. The summed E-state index contributed by atoms with van der Waals surface area (Å²) in [5, 5.41) is 3.11. The molecule has 0 atom stereocenters. The van der Waals surface area contributed by atoms with Crippen molar-refractivity contribution in [3.8, 4) is 5.82 Å². The molecule has 29 heavy (non-hydrogen) atoms. The summed E-state index contributed by atoms with van der Waals surface area (Å²) in [5.41, 5.74) is 5.00. The van der Waals surface area contributed by atoms with E-state index in [9.17, 15) is 4.79 Å². The van der Waals surface area contributed by atoms with E-state index in [0.717, 1.165) is 42.4 Å². The zero-order chi connectivity index (χ0) is 20.8. The smallest absolute Gasteiger partial charge is 0.253 e. The number of hydrogen-bond donors (Lipinski definition) is 1. The topological polar surface area (TPSA) is 50.2 Å². The van der Waals surface area contributed by atoms with Crippen LogP contribution >= 0.6 is 0 Å². The minimum atomic E-state index is -0.0575. The largest absolute Gasteiger partial charge is 0.348 e. The first-order valence-electron chi connectivity index (χ1n) is 10.2. The highest BCUT2D eigenvalue weighted by Gasteiger charge is 2.17. The molecule has 152 valence electrons. The third-order valence-corrected chi connectivity index (χ3v) is 5.40. The van der Waals surface area contributed by atoms with Crippen LogP contribution < -0.4 is 5.32 Å². The number of aryl methyl sites for hydroxylation is 1. The van der Waals surface area contributed by atoms with Gasteiger partial charge in [-0.05, 0) is 56.3 Å². The van der Waals surface area contributed by atoms with Crippen LogP contribution in [0.2, 0.25) is 0 Å². The molecule has 2 heterocycles. The van der Waals surface area contributed by atoms with E-state index in [0.29, 0.717) is 12.1 Å². The molecule has 5 heteroatoms. The van der Waals surface area contributed by atoms with Gasteiger partial charge < -0.3 is 9.88 Å². The Kier molecular flexibility index (Phi) is 6.83. The van der Waals surface area contributed by atoms with Crippen molar-refractivity contribution in [1.29, 1.82) is 0 Å². The Labute approximate surface area is 173 Å². The molecule has 0 aliphatic carbocycles. The molecule has 0 saturated carbocycles. The molecule has 3 aromatic rings. The van der Waals surface area contributed by atoms with Crippen molar-refractivity contribution < 1.29 is 4.79 Å². The summed E-state index contributed by atoms with van der Waals surface area (Å²) in [7, 11) is 0. The van der Waals surface area contributed by atoms with Gasteiger partial charge in [-0.15, -0.1) is 0 Å². The van der Waals surface area contributed by atoms with Crippen molar-refractivity contribution >= 4 is 5.91 Å². The Morgan fingerprint density at radius 2 is 1.72 bits per heavy atom. The van der Waals surface area contributed by atoms with E-state index >= 15 is 0 Å². The lowest BCUT2D eigenvalue weighted by molar-refractivity contribution is 0.0950. The van der Waals surface area contributed by atoms with Crippen LogP contribution in [0.4, 0.5) is 0 Å². The lowest BCUT2D eigenvalue weighted by atomic mass is 10.1. The molecule has 5 nitrogen and oxygen atoms in total. The van der Waals surface area contributed by atoms with Crippen LogP contribution in [0, 0.1) is 13.8 Å². The number of aromatic nitrogens is 2. The van der Waals surface area contributed by atoms with Crippen LogP contribution in [0.15, 0.2) is 54.7 Å². The number of carbonyl (C=O) groups excluding carboxylic acids is 1. The van der Waals surface area contributed by atoms with Gasteiger partial charge in [0.05, 0.1) is 5.56 Å². The maximum atomic E-state index is 12.9. The van der Waals surface area contributed by atoms with E-state index in [2.05, 4.69) is 47.2 Å². The number of nitrogens with one attached hydrogen (secondary N) is 1. The van der Waals surface area contributed by atoms with Crippen LogP contribution in [-0.2, 0) is 13.1 Å². The van der Waals surface area contributed by atoms with Gasteiger partial charge in [0.1, 0.15) is 5.82 Å². The van der Waals surface area contributed by atoms with Gasteiger partial charge >= 0.3 is 0 Å². The molecule has 0 bridgehead atoms. The van der Waals surface area contributed by atoms with Crippen LogP contribution in [0.25, 0.3) is 5.82 Å². The van der Waals surface area contributed by atoms with Crippen molar-refractivity contribution in [2.24, 2.45) is 0 Å². The summed E-state index contributed by atoms with van der Waals surface area (Å²) >= 11 is 0. The number of pyridine rings is 1. The average Bonchev–Trinajstić information content (AvgIpc) is 3.05. The summed E-state index contributed by atoms with van der Waals surface area (Å²) in [4.78, 5) is 19.7. The van der Waals surface area contributed by atoms with Gasteiger partial charge in [0, 0.05) is 30.7 Å². The number of hydrogen-bond acceptors (Lipinski definition) is 3. The van der Waals surface area contributed by atoms with Crippen molar-refractivity contribution in [2.45, 2.75) is 40.8 Å². The highest BCUT2D eigenvalue weighted by atomic mass is 16.1. The summed E-state index contributed by atoms with van der Waals surface area (Å²) in [6.45, 7) is 11.7. The van der Waals surface area contributed by atoms with Gasteiger partial charge in [-0.25, -0.2) is 4.98 Å². The molecule has 0 radical (unpaired) electrons. The molecule has 0 spiro atoms. The standard InChI is InChI=1S/C24H30N4O/c1-5-27(6-2)17-21-12-8-7-11-20(21)16-26-24(29)22-15-18(3)28(19(22)4)23-13-9-10-14-25-23/h7-15H,5-6,16-17H2,1-4H3,(H,26,29). The molecule has 0 fully saturated rings.